The Morgan fingerprint density at radius 2 is 1.88 bits per heavy atom. The van der Waals surface area contributed by atoms with E-state index in [0.717, 1.165) is 40.8 Å². The second-order valence-electron chi connectivity index (χ2n) is 7.68. The third-order valence-corrected chi connectivity index (χ3v) is 6.16. The van der Waals surface area contributed by atoms with Crippen LogP contribution in [0.4, 0.5) is 0 Å². The highest BCUT2D eigenvalue weighted by Gasteiger charge is 2.21. The van der Waals surface area contributed by atoms with Gasteiger partial charge in [0.25, 0.3) is 10.1 Å². The lowest BCUT2D eigenvalue weighted by atomic mass is 9.99. The third kappa shape index (κ3) is 5.61. The summed E-state index contributed by atoms with van der Waals surface area (Å²) in [6.07, 6.45) is 4.18. The van der Waals surface area contributed by atoms with Crippen LogP contribution in [0, 0.1) is 29.6 Å². The number of rotatable bonds is 8. The molecule has 0 aliphatic heterocycles. The molecular weight excluding hydrogens is 460 g/mol. The molecule has 0 aliphatic carbocycles. The molecule has 0 bridgehead atoms. The fourth-order valence-electron chi connectivity index (χ4n) is 3.78. The smallest absolute Gasteiger partial charge is 0.264 e. The number of hydrogen-bond donors (Lipinski definition) is 0. The van der Waals surface area contributed by atoms with Crippen LogP contribution in [-0.4, -0.2) is 24.2 Å². The molecule has 2 aromatic heterocycles. The van der Waals surface area contributed by atoms with Gasteiger partial charge in [-0.2, -0.15) is 18.9 Å². The largest absolute Gasteiger partial charge is 0.342 e. The van der Waals surface area contributed by atoms with Gasteiger partial charge in [0.2, 0.25) is 0 Å². The van der Waals surface area contributed by atoms with Gasteiger partial charge in [0.1, 0.15) is 11.2 Å². The topological polar surface area (TPSA) is 109 Å². The predicted octanol–water partition coefficient (Wildman–Crippen LogP) is 4.73. The summed E-state index contributed by atoms with van der Waals surface area (Å²) in [5, 5.41) is 19.3. The molecule has 0 N–H and O–H groups in total. The normalized spacial score (nSPS) is 11.2. The third-order valence-electron chi connectivity index (χ3n) is 5.27. The van der Waals surface area contributed by atoms with Crippen LogP contribution >= 0.6 is 11.6 Å². The highest BCUT2D eigenvalue weighted by Crippen LogP contribution is 2.34. The standard InChI is InChI=1S/C24H23ClN4O3S/c1-4-5-22-21(12-27)23(19-8-6-17(11-26)7-9-19)16(2)29(22)14-18-10-20(24(25)28-13-18)15-32-33(3,30)31/h6-10,13H,4-5,14-15H2,1-3H3. The van der Waals surface area contributed by atoms with Crippen molar-refractivity contribution >= 4 is 21.7 Å². The minimum Gasteiger partial charge on any atom is -0.342 e. The van der Waals surface area contributed by atoms with E-state index in [1.54, 1.807) is 24.4 Å². The summed E-state index contributed by atoms with van der Waals surface area (Å²) in [6, 6.07) is 13.4. The van der Waals surface area contributed by atoms with Gasteiger partial charge in [0.05, 0.1) is 30.1 Å². The number of benzene rings is 1. The Labute approximate surface area is 199 Å². The molecule has 3 aromatic rings. The van der Waals surface area contributed by atoms with E-state index in [9.17, 15) is 13.7 Å². The average Bonchev–Trinajstić information content (AvgIpc) is 3.04. The number of nitrogens with zero attached hydrogens (tertiary/aromatic N) is 4. The SMILES string of the molecule is CCCc1c(C#N)c(-c2ccc(C#N)cc2)c(C)n1Cc1cnc(Cl)c(COS(C)(=O)=O)c1. The number of hydrogen-bond acceptors (Lipinski definition) is 6. The van der Waals surface area contributed by atoms with Crippen molar-refractivity contribution in [3.8, 4) is 23.3 Å². The predicted molar refractivity (Wildman–Crippen MR) is 126 cm³/mol. The molecule has 0 amide bonds. The molecule has 170 valence electrons. The molecule has 7 nitrogen and oxygen atoms in total. The van der Waals surface area contributed by atoms with Crippen LogP contribution in [0.2, 0.25) is 5.15 Å². The molecule has 1 aromatic carbocycles. The van der Waals surface area contributed by atoms with E-state index in [4.69, 9.17) is 21.0 Å². The van der Waals surface area contributed by atoms with Crippen molar-refractivity contribution in [1.82, 2.24) is 9.55 Å². The average molecular weight is 483 g/mol. The second kappa shape index (κ2) is 10.2. The van der Waals surface area contributed by atoms with Crippen LogP contribution in [0.15, 0.2) is 36.5 Å². The molecule has 0 spiro atoms. The lowest BCUT2D eigenvalue weighted by molar-refractivity contribution is 0.311. The fourth-order valence-corrected chi connectivity index (χ4v) is 4.28. The Bertz CT molecular complexity index is 1360. The van der Waals surface area contributed by atoms with Crippen molar-refractivity contribution in [3.05, 3.63) is 75.3 Å². The molecule has 0 radical (unpaired) electrons. The first-order valence-electron chi connectivity index (χ1n) is 10.3. The summed E-state index contributed by atoms with van der Waals surface area (Å²) in [6.45, 7) is 4.25. The van der Waals surface area contributed by atoms with Crippen LogP contribution in [0.5, 0.6) is 0 Å². The molecule has 3 rings (SSSR count). The minimum atomic E-state index is -3.62. The van der Waals surface area contributed by atoms with Gasteiger partial charge in [0.15, 0.2) is 0 Å². The van der Waals surface area contributed by atoms with Crippen molar-refractivity contribution in [2.24, 2.45) is 0 Å². The van der Waals surface area contributed by atoms with E-state index in [-0.39, 0.29) is 11.8 Å². The number of pyridine rings is 1. The number of halogens is 1. The summed E-state index contributed by atoms with van der Waals surface area (Å²) >= 11 is 6.14. The highest BCUT2D eigenvalue weighted by molar-refractivity contribution is 7.85. The van der Waals surface area contributed by atoms with Gasteiger partial charge in [-0.25, -0.2) is 4.98 Å². The van der Waals surface area contributed by atoms with Gasteiger partial charge in [-0.05, 0) is 42.7 Å². The van der Waals surface area contributed by atoms with Gasteiger partial charge in [-0.3, -0.25) is 4.18 Å². The van der Waals surface area contributed by atoms with Gasteiger partial charge < -0.3 is 4.57 Å². The maximum atomic E-state index is 11.4. The van der Waals surface area contributed by atoms with E-state index < -0.39 is 10.1 Å². The number of nitriles is 2. The lowest BCUT2D eigenvalue weighted by Crippen LogP contribution is -2.09. The Hall–Kier alpha value is -3.17. The summed E-state index contributed by atoms with van der Waals surface area (Å²) < 4.78 is 29.7. The molecule has 9 heteroatoms. The molecular formula is C24H23ClN4O3S. The second-order valence-corrected chi connectivity index (χ2v) is 9.68. The van der Waals surface area contributed by atoms with Gasteiger partial charge in [-0.15, -0.1) is 0 Å². The van der Waals surface area contributed by atoms with E-state index in [1.165, 1.54) is 0 Å². The summed E-state index contributed by atoms with van der Waals surface area (Å²) in [7, 11) is -3.62. The molecule has 0 saturated heterocycles. The van der Waals surface area contributed by atoms with Crippen molar-refractivity contribution in [2.75, 3.05) is 6.26 Å². The van der Waals surface area contributed by atoms with E-state index in [2.05, 4.69) is 28.6 Å². The molecule has 0 atom stereocenters. The molecule has 0 saturated carbocycles. The Kier molecular flexibility index (Phi) is 7.55. The maximum Gasteiger partial charge on any atom is 0.264 e. The highest BCUT2D eigenvalue weighted by atomic mass is 35.5. The Morgan fingerprint density at radius 3 is 2.45 bits per heavy atom. The van der Waals surface area contributed by atoms with Gasteiger partial charge in [-0.1, -0.05) is 37.1 Å². The van der Waals surface area contributed by atoms with Crippen LogP contribution in [-0.2, 0) is 33.9 Å². The zero-order chi connectivity index (χ0) is 24.2. The first kappa shape index (κ1) is 24.5. The van der Waals surface area contributed by atoms with Crippen LogP contribution in [0.25, 0.3) is 11.1 Å². The van der Waals surface area contributed by atoms with Crippen molar-refractivity contribution in [3.63, 3.8) is 0 Å². The summed E-state index contributed by atoms with van der Waals surface area (Å²) in [5.74, 6) is 0. The Morgan fingerprint density at radius 1 is 1.18 bits per heavy atom. The first-order valence-corrected chi connectivity index (χ1v) is 12.5. The molecule has 0 unspecified atom stereocenters. The molecule has 2 heterocycles. The molecule has 33 heavy (non-hydrogen) atoms. The van der Waals surface area contributed by atoms with Gasteiger partial charge in [0, 0.05) is 35.3 Å². The van der Waals surface area contributed by atoms with E-state index in [1.807, 2.05) is 19.1 Å². The molecule has 0 fully saturated rings. The fraction of sp³-hybridized carbons (Fsp3) is 0.292. The van der Waals surface area contributed by atoms with Crippen molar-refractivity contribution in [1.29, 1.82) is 10.5 Å². The molecule has 0 aliphatic rings. The maximum absolute atomic E-state index is 11.4. The zero-order valence-electron chi connectivity index (χ0n) is 18.6. The van der Waals surface area contributed by atoms with Crippen molar-refractivity contribution < 1.29 is 12.6 Å². The minimum absolute atomic E-state index is 0.177. The van der Waals surface area contributed by atoms with E-state index >= 15 is 0 Å². The van der Waals surface area contributed by atoms with Gasteiger partial charge >= 0.3 is 0 Å². The number of aromatic nitrogens is 2. The van der Waals surface area contributed by atoms with Crippen LogP contribution in [0.1, 0.15) is 47.0 Å². The Balaban J connectivity index is 2.07. The lowest BCUT2D eigenvalue weighted by Gasteiger charge is -2.13. The van der Waals surface area contributed by atoms with Crippen molar-refractivity contribution in [2.45, 2.75) is 39.8 Å². The zero-order valence-corrected chi connectivity index (χ0v) is 20.2. The van der Waals surface area contributed by atoms with Crippen LogP contribution < -0.4 is 0 Å². The first-order chi connectivity index (χ1) is 15.7. The van der Waals surface area contributed by atoms with E-state index in [0.29, 0.717) is 29.7 Å². The summed E-state index contributed by atoms with van der Waals surface area (Å²) in [4.78, 5) is 4.19. The summed E-state index contributed by atoms with van der Waals surface area (Å²) in [5.41, 5.74) is 5.99. The van der Waals surface area contributed by atoms with Crippen LogP contribution in [0.3, 0.4) is 0 Å². The monoisotopic (exact) mass is 482 g/mol. The quantitative estimate of drug-likeness (QED) is 0.339.